The zero-order chi connectivity index (χ0) is 18.4. The Labute approximate surface area is 152 Å². The van der Waals surface area contributed by atoms with Crippen LogP contribution in [0.1, 0.15) is 13.3 Å². The average molecular weight is 358 g/mol. The van der Waals surface area contributed by atoms with Gasteiger partial charge in [-0.15, -0.1) is 0 Å². The topological polar surface area (TPSA) is 50.8 Å². The molecular weight excluding hydrogens is 335 g/mol. The van der Waals surface area contributed by atoms with Gasteiger partial charge in [-0.1, -0.05) is 6.92 Å². The van der Waals surface area contributed by atoms with Gasteiger partial charge in [-0.3, -0.25) is 4.79 Å². The molecule has 0 radical (unpaired) electrons. The Morgan fingerprint density at radius 2 is 1.81 bits per heavy atom. The third kappa shape index (κ3) is 4.73. The second-order valence-electron chi connectivity index (χ2n) is 6.10. The van der Waals surface area contributed by atoms with Crippen molar-refractivity contribution in [3.05, 3.63) is 54.3 Å². The Morgan fingerprint density at radius 3 is 2.42 bits per heavy atom. The number of benzene rings is 2. The summed E-state index contributed by atoms with van der Waals surface area (Å²) in [4.78, 5) is 14.7. The van der Waals surface area contributed by atoms with Crippen LogP contribution in [0.2, 0.25) is 0 Å². The lowest BCUT2D eigenvalue weighted by Gasteiger charge is -2.29. The lowest BCUT2D eigenvalue weighted by molar-refractivity contribution is -0.122. The summed E-state index contributed by atoms with van der Waals surface area (Å²) in [7, 11) is 0. The first-order valence-electron chi connectivity index (χ1n) is 8.81. The Hall–Kier alpha value is -2.60. The zero-order valence-corrected chi connectivity index (χ0v) is 14.8. The van der Waals surface area contributed by atoms with Crippen molar-refractivity contribution in [3.8, 4) is 5.75 Å². The molecule has 1 heterocycles. The Kier molecular flexibility index (Phi) is 6.07. The number of hydrogen-bond acceptors (Lipinski definition) is 4. The van der Waals surface area contributed by atoms with Gasteiger partial charge in [0.05, 0.1) is 13.2 Å². The van der Waals surface area contributed by atoms with E-state index in [1.165, 1.54) is 24.3 Å². The molecule has 5 nitrogen and oxygen atoms in total. The lowest BCUT2D eigenvalue weighted by Crippen LogP contribution is -2.36. The van der Waals surface area contributed by atoms with E-state index in [0.717, 1.165) is 32.0 Å². The Morgan fingerprint density at radius 1 is 1.15 bits per heavy atom. The molecule has 0 spiro atoms. The van der Waals surface area contributed by atoms with Gasteiger partial charge in [0.25, 0.3) is 5.91 Å². The van der Waals surface area contributed by atoms with Gasteiger partial charge in [0.2, 0.25) is 0 Å². The lowest BCUT2D eigenvalue weighted by atomic mass is 10.2. The molecule has 0 aliphatic carbocycles. The van der Waals surface area contributed by atoms with E-state index in [1.54, 1.807) is 0 Å². The van der Waals surface area contributed by atoms with Crippen LogP contribution in [-0.2, 0) is 9.53 Å². The van der Waals surface area contributed by atoms with Gasteiger partial charge in [-0.2, -0.15) is 0 Å². The highest BCUT2D eigenvalue weighted by molar-refractivity contribution is 5.94. The summed E-state index contributed by atoms with van der Waals surface area (Å²) in [5.74, 6) is -0.0952. The molecule has 1 atom stereocenters. The monoisotopic (exact) mass is 358 g/mol. The molecule has 26 heavy (non-hydrogen) atoms. The summed E-state index contributed by atoms with van der Waals surface area (Å²) in [6, 6.07) is 13.4. The number of rotatable bonds is 6. The van der Waals surface area contributed by atoms with Crippen LogP contribution >= 0.6 is 0 Å². The van der Waals surface area contributed by atoms with E-state index >= 15 is 0 Å². The van der Waals surface area contributed by atoms with Crippen LogP contribution in [0.15, 0.2) is 48.5 Å². The minimum atomic E-state index is -0.639. The van der Waals surface area contributed by atoms with E-state index in [4.69, 9.17) is 9.47 Å². The number of hydrogen-bond donors (Lipinski definition) is 1. The third-order valence-corrected chi connectivity index (χ3v) is 4.27. The molecule has 6 heteroatoms. The first-order chi connectivity index (χ1) is 12.7. The minimum Gasteiger partial charge on any atom is -0.481 e. The maximum atomic E-state index is 13.0. The van der Waals surface area contributed by atoms with Crippen molar-refractivity contribution in [2.45, 2.75) is 19.4 Å². The highest BCUT2D eigenvalue weighted by Gasteiger charge is 2.19. The Balaban J connectivity index is 1.59. The summed E-state index contributed by atoms with van der Waals surface area (Å²) in [6.07, 6.45) is -0.130. The summed E-state index contributed by atoms with van der Waals surface area (Å²) in [5, 5.41) is 2.87. The molecule has 2 aromatic carbocycles. The number of anilines is 2. The van der Waals surface area contributed by atoms with Crippen molar-refractivity contribution in [2.24, 2.45) is 0 Å². The van der Waals surface area contributed by atoms with E-state index in [2.05, 4.69) is 10.2 Å². The van der Waals surface area contributed by atoms with E-state index in [-0.39, 0.29) is 11.7 Å². The minimum absolute atomic E-state index is 0.226. The number of carbonyl (C=O) groups excluding carboxylic acids is 1. The van der Waals surface area contributed by atoms with Crippen molar-refractivity contribution in [1.29, 1.82) is 0 Å². The quantitative estimate of drug-likeness (QED) is 0.859. The van der Waals surface area contributed by atoms with Crippen LogP contribution in [0.25, 0.3) is 0 Å². The first kappa shape index (κ1) is 18.2. The maximum absolute atomic E-state index is 13.0. The molecule has 3 rings (SSSR count). The van der Waals surface area contributed by atoms with Crippen LogP contribution < -0.4 is 15.0 Å². The number of nitrogens with one attached hydrogen (secondary N) is 1. The van der Waals surface area contributed by atoms with E-state index < -0.39 is 6.10 Å². The Bertz CT molecular complexity index is 713. The van der Waals surface area contributed by atoms with Gasteiger partial charge < -0.3 is 19.7 Å². The van der Waals surface area contributed by atoms with Crippen LogP contribution in [0.4, 0.5) is 15.8 Å². The second-order valence-corrected chi connectivity index (χ2v) is 6.10. The molecule has 0 aromatic heterocycles. The molecule has 1 aliphatic rings. The predicted molar refractivity (Wildman–Crippen MR) is 99.2 cm³/mol. The van der Waals surface area contributed by atoms with Crippen molar-refractivity contribution < 1.29 is 18.7 Å². The van der Waals surface area contributed by atoms with Crippen molar-refractivity contribution in [3.63, 3.8) is 0 Å². The summed E-state index contributed by atoms with van der Waals surface area (Å²) in [6.45, 7) is 5.08. The van der Waals surface area contributed by atoms with Gasteiger partial charge in [0, 0.05) is 24.5 Å². The SMILES string of the molecule is CC[C@@H](Oc1ccc(F)cc1)C(=O)Nc1ccc(N2CCOCC2)cc1. The number of nitrogens with zero attached hydrogens (tertiary/aromatic N) is 1. The number of carbonyl (C=O) groups is 1. The fourth-order valence-corrected chi connectivity index (χ4v) is 2.80. The highest BCUT2D eigenvalue weighted by Crippen LogP contribution is 2.20. The van der Waals surface area contributed by atoms with E-state index in [0.29, 0.717) is 17.9 Å². The molecule has 2 aromatic rings. The smallest absolute Gasteiger partial charge is 0.265 e. The number of amides is 1. The van der Waals surface area contributed by atoms with Gasteiger partial charge in [0.1, 0.15) is 11.6 Å². The molecule has 1 N–H and O–H groups in total. The fraction of sp³-hybridized carbons (Fsp3) is 0.350. The number of halogens is 1. The third-order valence-electron chi connectivity index (χ3n) is 4.27. The molecule has 0 bridgehead atoms. The zero-order valence-electron chi connectivity index (χ0n) is 14.8. The number of morpholine rings is 1. The molecule has 1 fully saturated rings. The first-order valence-corrected chi connectivity index (χ1v) is 8.81. The van der Waals surface area contributed by atoms with Gasteiger partial charge in [0.15, 0.2) is 6.10 Å². The molecule has 1 amide bonds. The van der Waals surface area contributed by atoms with Crippen molar-refractivity contribution in [2.75, 3.05) is 36.5 Å². The second kappa shape index (κ2) is 8.67. The normalized spacial score (nSPS) is 15.4. The van der Waals surface area contributed by atoms with Crippen LogP contribution in [0.3, 0.4) is 0 Å². The molecule has 0 unspecified atom stereocenters. The van der Waals surface area contributed by atoms with Crippen LogP contribution in [-0.4, -0.2) is 38.3 Å². The van der Waals surface area contributed by atoms with Crippen LogP contribution in [0.5, 0.6) is 5.75 Å². The van der Waals surface area contributed by atoms with Gasteiger partial charge in [-0.25, -0.2) is 4.39 Å². The molecular formula is C20H23FN2O3. The van der Waals surface area contributed by atoms with E-state index in [1.807, 2.05) is 31.2 Å². The molecule has 138 valence electrons. The molecule has 1 aliphatic heterocycles. The maximum Gasteiger partial charge on any atom is 0.265 e. The van der Waals surface area contributed by atoms with Crippen molar-refractivity contribution >= 4 is 17.3 Å². The molecule has 0 saturated carbocycles. The highest BCUT2D eigenvalue weighted by atomic mass is 19.1. The average Bonchev–Trinajstić information content (AvgIpc) is 2.68. The largest absolute Gasteiger partial charge is 0.481 e. The van der Waals surface area contributed by atoms with Gasteiger partial charge >= 0.3 is 0 Å². The fourth-order valence-electron chi connectivity index (χ4n) is 2.80. The van der Waals surface area contributed by atoms with Gasteiger partial charge in [-0.05, 0) is 55.0 Å². The van der Waals surface area contributed by atoms with E-state index in [9.17, 15) is 9.18 Å². The van der Waals surface area contributed by atoms with Crippen LogP contribution in [0, 0.1) is 5.82 Å². The summed E-state index contributed by atoms with van der Waals surface area (Å²) >= 11 is 0. The van der Waals surface area contributed by atoms with Crippen molar-refractivity contribution in [1.82, 2.24) is 0 Å². The predicted octanol–water partition coefficient (Wildman–Crippen LogP) is 3.46. The standard InChI is InChI=1S/C20H23FN2O3/c1-2-19(26-18-9-3-15(21)4-10-18)20(24)22-16-5-7-17(8-6-16)23-11-13-25-14-12-23/h3-10,19H,2,11-14H2,1H3,(H,22,24)/t19-/m1/s1. The summed E-state index contributed by atoms with van der Waals surface area (Å²) < 4.78 is 24.0. The molecule has 1 saturated heterocycles. The number of ether oxygens (including phenoxy) is 2. The summed E-state index contributed by atoms with van der Waals surface area (Å²) in [5.41, 5.74) is 1.83.